The molecule has 0 aliphatic heterocycles. The van der Waals surface area contributed by atoms with E-state index in [1.54, 1.807) is 12.3 Å². The van der Waals surface area contributed by atoms with Crippen LogP contribution in [-0.4, -0.2) is 19.2 Å². The van der Waals surface area contributed by atoms with Gasteiger partial charge in [-0.05, 0) is 24.3 Å². The Hall–Kier alpha value is -2.23. The summed E-state index contributed by atoms with van der Waals surface area (Å²) < 4.78 is 15.6. The first-order valence-corrected chi connectivity index (χ1v) is 6.20. The fraction of sp³-hybridized carbons (Fsp3) is 0.267. The Morgan fingerprint density at radius 1 is 1.05 bits per heavy atom. The zero-order chi connectivity index (χ0) is 13.3. The molecule has 0 saturated heterocycles. The van der Waals surface area contributed by atoms with E-state index in [-0.39, 0.29) is 12.6 Å². The van der Waals surface area contributed by atoms with E-state index >= 15 is 0 Å². The lowest BCUT2D eigenvalue weighted by atomic mass is 10.2. The van der Waals surface area contributed by atoms with Crippen molar-refractivity contribution in [1.29, 1.82) is 0 Å². The first-order valence-electron chi connectivity index (χ1n) is 6.20. The van der Waals surface area contributed by atoms with Crippen molar-refractivity contribution in [2.75, 3.05) is 13.2 Å². The number of hydrogen-bond acceptors (Lipinski definition) is 4. The maximum atomic E-state index is 11.4. The molecule has 0 fully saturated rings. The zero-order valence-corrected chi connectivity index (χ0v) is 10.6. The Morgan fingerprint density at radius 2 is 1.89 bits per heavy atom. The topological polar surface area (TPSA) is 48.7 Å². The van der Waals surface area contributed by atoms with Gasteiger partial charge < -0.3 is 13.9 Å². The van der Waals surface area contributed by atoms with Gasteiger partial charge in [-0.15, -0.1) is 0 Å². The van der Waals surface area contributed by atoms with Crippen molar-refractivity contribution in [3.8, 4) is 5.75 Å². The smallest absolute Gasteiger partial charge is 0.306 e. The molecule has 2 rings (SSSR count). The van der Waals surface area contributed by atoms with Crippen LogP contribution in [0.15, 0.2) is 53.1 Å². The third-order valence-electron chi connectivity index (χ3n) is 2.51. The van der Waals surface area contributed by atoms with Crippen LogP contribution in [-0.2, 0) is 16.0 Å². The number of rotatable bonds is 7. The van der Waals surface area contributed by atoms with E-state index in [1.165, 1.54) is 0 Å². The highest BCUT2D eigenvalue weighted by Crippen LogP contribution is 2.08. The largest absolute Gasteiger partial charge is 0.490 e. The molecule has 2 aromatic rings. The molecule has 100 valence electrons. The van der Waals surface area contributed by atoms with Crippen LogP contribution in [0.4, 0.5) is 0 Å². The van der Waals surface area contributed by atoms with Gasteiger partial charge in [0.1, 0.15) is 24.7 Å². The van der Waals surface area contributed by atoms with Crippen molar-refractivity contribution in [2.45, 2.75) is 12.8 Å². The lowest BCUT2D eigenvalue weighted by Gasteiger charge is -2.06. The number of hydrogen-bond donors (Lipinski definition) is 0. The highest BCUT2D eigenvalue weighted by atomic mass is 16.6. The third kappa shape index (κ3) is 4.87. The lowest BCUT2D eigenvalue weighted by Crippen LogP contribution is -2.12. The van der Waals surface area contributed by atoms with E-state index in [1.807, 2.05) is 36.4 Å². The lowest BCUT2D eigenvalue weighted by molar-refractivity contribution is -0.144. The molecule has 0 aliphatic rings. The standard InChI is InChI=1S/C15H16O4/c16-15(9-8-14-7-4-10-17-14)19-12-11-18-13-5-2-1-3-6-13/h1-7,10H,8-9,11-12H2. The second kappa shape index (κ2) is 7.26. The summed E-state index contributed by atoms with van der Waals surface area (Å²) in [6, 6.07) is 13.1. The number of benzene rings is 1. The summed E-state index contributed by atoms with van der Waals surface area (Å²) in [5, 5.41) is 0. The van der Waals surface area contributed by atoms with Gasteiger partial charge in [0, 0.05) is 6.42 Å². The molecule has 0 amide bonds. The number of ether oxygens (including phenoxy) is 2. The second-order valence-corrected chi connectivity index (χ2v) is 3.96. The van der Waals surface area contributed by atoms with Crippen LogP contribution in [0, 0.1) is 0 Å². The minimum atomic E-state index is -0.243. The number of para-hydroxylation sites is 1. The Labute approximate surface area is 111 Å². The molecule has 0 N–H and O–H groups in total. The van der Waals surface area contributed by atoms with Crippen LogP contribution < -0.4 is 4.74 Å². The van der Waals surface area contributed by atoms with Crippen LogP contribution in [0.1, 0.15) is 12.2 Å². The fourth-order valence-electron chi connectivity index (χ4n) is 1.58. The summed E-state index contributed by atoms with van der Waals surface area (Å²) in [5.41, 5.74) is 0. The summed E-state index contributed by atoms with van der Waals surface area (Å²) in [6.45, 7) is 0.613. The Bertz CT molecular complexity index is 476. The van der Waals surface area contributed by atoms with E-state index in [2.05, 4.69) is 0 Å². The summed E-state index contributed by atoms with van der Waals surface area (Å²) in [7, 11) is 0. The molecule has 0 radical (unpaired) electrons. The molecule has 0 unspecified atom stereocenters. The number of furan rings is 1. The van der Waals surface area contributed by atoms with Crippen molar-refractivity contribution >= 4 is 5.97 Å². The minimum Gasteiger partial charge on any atom is -0.490 e. The van der Waals surface area contributed by atoms with Crippen molar-refractivity contribution in [3.05, 3.63) is 54.5 Å². The van der Waals surface area contributed by atoms with Crippen LogP contribution in [0.3, 0.4) is 0 Å². The normalized spacial score (nSPS) is 10.1. The van der Waals surface area contributed by atoms with Gasteiger partial charge in [0.15, 0.2) is 0 Å². The molecule has 0 bridgehead atoms. The maximum absolute atomic E-state index is 11.4. The molecule has 4 heteroatoms. The van der Waals surface area contributed by atoms with E-state index in [9.17, 15) is 4.79 Å². The van der Waals surface area contributed by atoms with E-state index in [4.69, 9.17) is 13.9 Å². The molecule has 19 heavy (non-hydrogen) atoms. The van der Waals surface area contributed by atoms with Crippen molar-refractivity contribution in [1.82, 2.24) is 0 Å². The van der Waals surface area contributed by atoms with E-state index < -0.39 is 0 Å². The Balaban J connectivity index is 1.57. The quantitative estimate of drug-likeness (QED) is 0.567. The number of aryl methyl sites for hydroxylation is 1. The fourth-order valence-corrected chi connectivity index (χ4v) is 1.58. The molecule has 1 heterocycles. The van der Waals surface area contributed by atoms with Crippen molar-refractivity contribution in [3.63, 3.8) is 0 Å². The van der Waals surface area contributed by atoms with Crippen molar-refractivity contribution < 1.29 is 18.7 Å². The second-order valence-electron chi connectivity index (χ2n) is 3.96. The average molecular weight is 260 g/mol. The molecule has 4 nitrogen and oxygen atoms in total. The average Bonchev–Trinajstić information content (AvgIpc) is 2.96. The first-order chi connectivity index (χ1) is 9.34. The summed E-state index contributed by atoms with van der Waals surface area (Å²) in [5.74, 6) is 1.32. The maximum Gasteiger partial charge on any atom is 0.306 e. The predicted molar refractivity (Wildman–Crippen MR) is 69.9 cm³/mol. The molecule has 0 aliphatic carbocycles. The van der Waals surface area contributed by atoms with Crippen LogP contribution in [0.5, 0.6) is 5.75 Å². The van der Waals surface area contributed by atoms with Gasteiger partial charge in [-0.3, -0.25) is 4.79 Å². The zero-order valence-electron chi connectivity index (χ0n) is 10.6. The van der Waals surface area contributed by atoms with Gasteiger partial charge in [0.25, 0.3) is 0 Å². The van der Waals surface area contributed by atoms with Gasteiger partial charge in [0.05, 0.1) is 12.7 Å². The molecule has 0 atom stereocenters. The number of esters is 1. The van der Waals surface area contributed by atoms with Gasteiger partial charge in [0.2, 0.25) is 0 Å². The minimum absolute atomic E-state index is 0.243. The van der Waals surface area contributed by atoms with Gasteiger partial charge in [-0.25, -0.2) is 0 Å². The third-order valence-corrected chi connectivity index (χ3v) is 2.51. The predicted octanol–water partition coefficient (Wildman–Crippen LogP) is 2.83. The summed E-state index contributed by atoms with van der Waals surface area (Å²) in [6.07, 6.45) is 2.47. The monoisotopic (exact) mass is 260 g/mol. The van der Waals surface area contributed by atoms with Gasteiger partial charge in [-0.2, -0.15) is 0 Å². The molecule has 0 spiro atoms. The van der Waals surface area contributed by atoms with E-state index in [0.717, 1.165) is 11.5 Å². The molecule has 0 saturated carbocycles. The highest BCUT2D eigenvalue weighted by molar-refractivity contribution is 5.69. The summed E-state index contributed by atoms with van der Waals surface area (Å²) in [4.78, 5) is 11.4. The highest BCUT2D eigenvalue weighted by Gasteiger charge is 2.05. The molecular formula is C15H16O4. The molecular weight excluding hydrogens is 244 g/mol. The van der Waals surface area contributed by atoms with Gasteiger partial charge >= 0.3 is 5.97 Å². The van der Waals surface area contributed by atoms with E-state index in [0.29, 0.717) is 19.4 Å². The Kier molecular flexibility index (Phi) is 5.05. The molecule has 1 aromatic carbocycles. The SMILES string of the molecule is O=C(CCc1ccco1)OCCOc1ccccc1. The molecule has 1 aromatic heterocycles. The number of carbonyl (C=O) groups is 1. The van der Waals surface area contributed by atoms with Crippen molar-refractivity contribution in [2.24, 2.45) is 0 Å². The van der Waals surface area contributed by atoms with Crippen LogP contribution in [0.25, 0.3) is 0 Å². The number of carbonyl (C=O) groups excluding carboxylic acids is 1. The Morgan fingerprint density at radius 3 is 2.63 bits per heavy atom. The van der Waals surface area contributed by atoms with Gasteiger partial charge in [-0.1, -0.05) is 18.2 Å². The van der Waals surface area contributed by atoms with Crippen LogP contribution in [0.2, 0.25) is 0 Å². The van der Waals surface area contributed by atoms with Crippen LogP contribution >= 0.6 is 0 Å². The summed E-state index contributed by atoms with van der Waals surface area (Å²) >= 11 is 0. The first kappa shape index (κ1) is 13.2.